The third-order valence-corrected chi connectivity index (χ3v) is 4.70. The molecule has 0 radical (unpaired) electrons. The maximum Gasteiger partial charge on any atom is 0.274 e. The largest absolute Gasteiger partial charge is 0.353 e. The summed E-state index contributed by atoms with van der Waals surface area (Å²) in [7, 11) is 0. The Kier molecular flexibility index (Phi) is 3.22. The van der Waals surface area contributed by atoms with Gasteiger partial charge in [0.05, 0.1) is 10.9 Å². The summed E-state index contributed by atoms with van der Waals surface area (Å²) in [6.45, 7) is 0. The molecule has 124 valence electrons. The van der Waals surface area contributed by atoms with E-state index in [1.807, 2.05) is 54.6 Å². The summed E-state index contributed by atoms with van der Waals surface area (Å²) in [5.74, 6) is 0. The van der Waals surface area contributed by atoms with Gasteiger partial charge in [-0.2, -0.15) is 5.10 Å². The summed E-state index contributed by atoms with van der Waals surface area (Å²) in [5, 5.41) is 8.51. The first-order chi connectivity index (χ1) is 12.8. The molecule has 0 spiro atoms. The fourth-order valence-corrected chi connectivity index (χ4v) is 3.43. The van der Waals surface area contributed by atoms with Gasteiger partial charge in [0, 0.05) is 16.5 Å². The van der Waals surface area contributed by atoms with Crippen LogP contribution in [-0.4, -0.2) is 15.2 Å². The molecule has 26 heavy (non-hydrogen) atoms. The van der Waals surface area contributed by atoms with Gasteiger partial charge in [0.25, 0.3) is 5.56 Å². The molecule has 5 rings (SSSR count). The Bertz CT molecular complexity index is 1280. The van der Waals surface area contributed by atoms with E-state index in [2.05, 4.69) is 39.4 Å². The number of para-hydroxylation sites is 1. The van der Waals surface area contributed by atoms with Crippen LogP contribution in [0.5, 0.6) is 0 Å². The Labute approximate surface area is 149 Å². The molecule has 5 aromatic rings. The first-order valence-electron chi connectivity index (χ1n) is 8.46. The third-order valence-electron chi connectivity index (χ3n) is 4.70. The van der Waals surface area contributed by atoms with Gasteiger partial charge in [-0.05, 0) is 17.2 Å². The lowest BCUT2D eigenvalue weighted by molar-refractivity contribution is 1.02. The quantitative estimate of drug-likeness (QED) is 0.489. The zero-order valence-corrected chi connectivity index (χ0v) is 13.9. The molecule has 0 unspecified atom stereocenters. The van der Waals surface area contributed by atoms with E-state index in [9.17, 15) is 4.79 Å². The Balaban J connectivity index is 1.70. The number of aromatic nitrogens is 3. The van der Waals surface area contributed by atoms with E-state index < -0.39 is 0 Å². The first kappa shape index (κ1) is 14.7. The number of hydrogen-bond donors (Lipinski definition) is 2. The van der Waals surface area contributed by atoms with E-state index >= 15 is 0 Å². The topological polar surface area (TPSA) is 61.5 Å². The van der Waals surface area contributed by atoms with Gasteiger partial charge in [0.15, 0.2) is 0 Å². The molecule has 0 aliphatic carbocycles. The lowest BCUT2D eigenvalue weighted by atomic mass is 10.0. The van der Waals surface area contributed by atoms with Crippen LogP contribution in [0.2, 0.25) is 0 Å². The number of fused-ring (bicyclic) bond motifs is 3. The molecule has 4 heteroatoms. The summed E-state index contributed by atoms with van der Waals surface area (Å²) in [6, 6.07) is 26.3. The summed E-state index contributed by atoms with van der Waals surface area (Å²) in [6.07, 6.45) is 0. The zero-order valence-electron chi connectivity index (χ0n) is 13.9. The number of nitrogens with zero attached hydrogens (tertiary/aromatic N) is 1. The van der Waals surface area contributed by atoms with Crippen molar-refractivity contribution >= 4 is 21.8 Å². The number of benzene rings is 3. The maximum atomic E-state index is 12.3. The van der Waals surface area contributed by atoms with Crippen molar-refractivity contribution in [3.05, 3.63) is 89.2 Å². The number of H-pyrrole nitrogens is 2. The molecule has 0 aliphatic heterocycles. The van der Waals surface area contributed by atoms with Crippen LogP contribution < -0.4 is 5.56 Å². The Hall–Kier alpha value is -3.66. The number of nitrogens with one attached hydrogen (secondary N) is 2. The summed E-state index contributed by atoms with van der Waals surface area (Å²) < 4.78 is 0. The van der Waals surface area contributed by atoms with Gasteiger partial charge < -0.3 is 4.98 Å². The highest BCUT2D eigenvalue weighted by atomic mass is 16.1. The van der Waals surface area contributed by atoms with Crippen molar-refractivity contribution in [3.8, 4) is 22.4 Å². The van der Waals surface area contributed by atoms with Crippen molar-refractivity contribution in [1.82, 2.24) is 15.2 Å². The van der Waals surface area contributed by atoms with Gasteiger partial charge in [-0.1, -0.05) is 72.8 Å². The van der Waals surface area contributed by atoms with Crippen molar-refractivity contribution in [2.75, 3.05) is 0 Å². The predicted octanol–water partition coefficient (Wildman–Crippen LogP) is 4.74. The summed E-state index contributed by atoms with van der Waals surface area (Å²) >= 11 is 0. The highest BCUT2D eigenvalue weighted by Gasteiger charge is 2.14. The molecule has 4 nitrogen and oxygen atoms in total. The second kappa shape index (κ2) is 5.70. The second-order valence-corrected chi connectivity index (χ2v) is 6.27. The number of rotatable bonds is 2. The molecule has 0 fully saturated rings. The van der Waals surface area contributed by atoms with Crippen molar-refractivity contribution in [3.63, 3.8) is 0 Å². The van der Waals surface area contributed by atoms with Crippen LogP contribution in [0, 0.1) is 0 Å². The van der Waals surface area contributed by atoms with Gasteiger partial charge in [-0.3, -0.25) is 4.79 Å². The van der Waals surface area contributed by atoms with Crippen molar-refractivity contribution in [2.24, 2.45) is 0 Å². The monoisotopic (exact) mass is 337 g/mol. The fourth-order valence-electron chi connectivity index (χ4n) is 3.43. The van der Waals surface area contributed by atoms with Gasteiger partial charge in [-0.15, -0.1) is 0 Å². The normalized spacial score (nSPS) is 11.2. The standard InChI is InChI=1S/C22H15N3O/c26-22-19-17-8-4-5-9-18(17)23-21(19)20(24-25-22)16-12-10-15(11-13-16)14-6-2-1-3-7-14/h1-13,23H,(H,25,26). The van der Waals surface area contributed by atoms with Crippen LogP contribution >= 0.6 is 0 Å². The molecule has 2 heterocycles. The van der Waals surface area contributed by atoms with Gasteiger partial charge in [0.1, 0.15) is 5.69 Å². The van der Waals surface area contributed by atoms with E-state index in [1.54, 1.807) is 0 Å². The van der Waals surface area contributed by atoms with Crippen molar-refractivity contribution in [2.45, 2.75) is 0 Å². The molecule has 0 saturated carbocycles. The Morgan fingerprint density at radius 3 is 2.15 bits per heavy atom. The minimum Gasteiger partial charge on any atom is -0.353 e. The maximum absolute atomic E-state index is 12.3. The average molecular weight is 337 g/mol. The average Bonchev–Trinajstić information content (AvgIpc) is 3.09. The van der Waals surface area contributed by atoms with E-state index in [-0.39, 0.29) is 5.56 Å². The lowest BCUT2D eigenvalue weighted by Gasteiger charge is -2.05. The Morgan fingerprint density at radius 2 is 1.35 bits per heavy atom. The molecule has 0 amide bonds. The summed E-state index contributed by atoms with van der Waals surface area (Å²) in [5.41, 5.74) is 5.54. The van der Waals surface area contributed by atoms with Crippen LogP contribution in [0.4, 0.5) is 0 Å². The molecule has 0 aliphatic rings. The molecule has 0 bridgehead atoms. The van der Waals surface area contributed by atoms with Gasteiger partial charge in [0.2, 0.25) is 0 Å². The zero-order chi connectivity index (χ0) is 17.5. The van der Waals surface area contributed by atoms with Crippen molar-refractivity contribution < 1.29 is 0 Å². The van der Waals surface area contributed by atoms with E-state index in [0.29, 0.717) is 5.39 Å². The SMILES string of the molecule is O=c1[nH]nc(-c2ccc(-c3ccccc3)cc2)c2[nH]c3ccccc3c12. The molecular weight excluding hydrogens is 322 g/mol. The molecule has 2 aromatic heterocycles. The Morgan fingerprint density at radius 1 is 0.692 bits per heavy atom. The van der Waals surface area contributed by atoms with Crippen LogP contribution in [0.25, 0.3) is 44.2 Å². The van der Waals surface area contributed by atoms with Crippen molar-refractivity contribution in [1.29, 1.82) is 0 Å². The third kappa shape index (κ3) is 2.24. The predicted molar refractivity (Wildman–Crippen MR) is 105 cm³/mol. The van der Waals surface area contributed by atoms with Crippen LogP contribution in [0.3, 0.4) is 0 Å². The molecule has 2 N–H and O–H groups in total. The number of aromatic amines is 2. The fraction of sp³-hybridized carbons (Fsp3) is 0. The van der Waals surface area contributed by atoms with Gasteiger partial charge >= 0.3 is 0 Å². The smallest absolute Gasteiger partial charge is 0.274 e. The highest BCUT2D eigenvalue weighted by Crippen LogP contribution is 2.30. The first-order valence-corrected chi connectivity index (χ1v) is 8.46. The molecule has 0 atom stereocenters. The minimum atomic E-state index is -0.179. The van der Waals surface area contributed by atoms with Crippen LogP contribution in [-0.2, 0) is 0 Å². The molecular formula is C22H15N3O. The van der Waals surface area contributed by atoms with Crippen LogP contribution in [0.1, 0.15) is 0 Å². The number of hydrogen-bond acceptors (Lipinski definition) is 2. The van der Waals surface area contributed by atoms with Crippen LogP contribution in [0.15, 0.2) is 83.7 Å². The van der Waals surface area contributed by atoms with E-state index in [1.165, 1.54) is 5.56 Å². The molecule has 3 aromatic carbocycles. The lowest BCUT2D eigenvalue weighted by Crippen LogP contribution is -2.08. The highest BCUT2D eigenvalue weighted by molar-refractivity contribution is 6.10. The minimum absolute atomic E-state index is 0.179. The van der Waals surface area contributed by atoms with E-state index in [4.69, 9.17) is 0 Å². The second-order valence-electron chi connectivity index (χ2n) is 6.27. The van der Waals surface area contributed by atoms with Gasteiger partial charge in [-0.25, -0.2) is 5.10 Å². The summed E-state index contributed by atoms with van der Waals surface area (Å²) in [4.78, 5) is 15.7. The molecule has 0 saturated heterocycles. The van der Waals surface area contributed by atoms with E-state index in [0.717, 1.165) is 33.2 Å².